The summed E-state index contributed by atoms with van der Waals surface area (Å²) in [5.74, 6) is 1.84. The monoisotopic (exact) mass is 342 g/mol. The standard InChI is InChI=1S/C18H26N6O/c1-24(2)9-10-25-16-11-13(7-8-20-16)12-21-17-14-5-3-4-6-15(14)22-18(19)23-17/h7-8,11H,3-6,9-10,12H2,1-2H3,(H3,19,21,22,23). The largest absolute Gasteiger partial charge is 0.476 e. The minimum Gasteiger partial charge on any atom is -0.476 e. The first-order chi connectivity index (χ1) is 12.1. The molecule has 2 aromatic heterocycles. The normalized spacial score (nSPS) is 13.6. The first kappa shape index (κ1) is 17.4. The van der Waals surface area contributed by atoms with Crippen LogP contribution in [0.4, 0.5) is 11.8 Å². The van der Waals surface area contributed by atoms with E-state index in [1.54, 1.807) is 6.20 Å². The van der Waals surface area contributed by atoms with Crippen molar-refractivity contribution in [2.75, 3.05) is 38.3 Å². The first-order valence-electron chi connectivity index (χ1n) is 8.73. The molecule has 1 aliphatic carbocycles. The van der Waals surface area contributed by atoms with Crippen molar-refractivity contribution in [3.8, 4) is 5.88 Å². The predicted molar refractivity (Wildman–Crippen MR) is 98.7 cm³/mol. The summed E-state index contributed by atoms with van der Waals surface area (Å²) in [6.45, 7) is 2.12. The third-order valence-corrected chi connectivity index (χ3v) is 4.25. The van der Waals surface area contributed by atoms with Gasteiger partial charge in [-0.05, 0) is 51.4 Å². The van der Waals surface area contributed by atoms with Gasteiger partial charge in [-0.2, -0.15) is 4.98 Å². The smallest absolute Gasteiger partial charge is 0.222 e. The van der Waals surface area contributed by atoms with Crippen molar-refractivity contribution in [3.63, 3.8) is 0 Å². The van der Waals surface area contributed by atoms with Gasteiger partial charge in [0.05, 0.1) is 5.69 Å². The van der Waals surface area contributed by atoms with E-state index in [9.17, 15) is 0 Å². The van der Waals surface area contributed by atoms with Crippen molar-refractivity contribution in [1.29, 1.82) is 0 Å². The van der Waals surface area contributed by atoms with Crippen molar-refractivity contribution in [2.24, 2.45) is 0 Å². The Balaban J connectivity index is 1.65. The van der Waals surface area contributed by atoms with Crippen molar-refractivity contribution in [1.82, 2.24) is 19.9 Å². The second-order valence-electron chi connectivity index (χ2n) is 6.57. The Hall–Kier alpha value is -2.41. The number of aromatic nitrogens is 3. The van der Waals surface area contributed by atoms with Gasteiger partial charge in [-0.3, -0.25) is 0 Å². The van der Waals surface area contributed by atoms with Gasteiger partial charge in [-0.1, -0.05) is 0 Å². The van der Waals surface area contributed by atoms with E-state index >= 15 is 0 Å². The Morgan fingerprint density at radius 3 is 2.92 bits per heavy atom. The zero-order valence-corrected chi connectivity index (χ0v) is 15.0. The summed E-state index contributed by atoms with van der Waals surface area (Å²) in [4.78, 5) is 15.1. The second kappa shape index (κ2) is 8.11. The Morgan fingerprint density at radius 1 is 1.24 bits per heavy atom. The second-order valence-corrected chi connectivity index (χ2v) is 6.57. The van der Waals surface area contributed by atoms with Crippen LogP contribution >= 0.6 is 0 Å². The summed E-state index contributed by atoms with van der Waals surface area (Å²) in [6, 6.07) is 3.93. The van der Waals surface area contributed by atoms with E-state index in [4.69, 9.17) is 10.5 Å². The SMILES string of the molecule is CN(C)CCOc1cc(CNc2nc(N)nc3c2CCCC3)ccn1. The molecule has 25 heavy (non-hydrogen) atoms. The molecule has 7 nitrogen and oxygen atoms in total. The van der Waals surface area contributed by atoms with Crippen molar-refractivity contribution in [2.45, 2.75) is 32.2 Å². The molecule has 0 unspecified atom stereocenters. The van der Waals surface area contributed by atoms with Crippen molar-refractivity contribution >= 4 is 11.8 Å². The maximum Gasteiger partial charge on any atom is 0.222 e. The predicted octanol–water partition coefficient (Wildman–Crippen LogP) is 1.89. The number of fused-ring (bicyclic) bond motifs is 1. The van der Waals surface area contributed by atoms with Crippen molar-refractivity contribution in [3.05, 3.63) is 35.2 Å². The van der Waals surface area contributed by atoms with Gasteiger partial charge in [0.15, 0.2) is 0 Å². The number of nitrogens with one attached hydrogen (secondary N) is 1. The summed E-state index contributed by atoms with van der Waals surface area (Å²) in [6.07, 6.45) is 6.10. The molecule has 0 aliphatic heterocycles. The van der Waals surface area contributed by atoms with E-state index in [0.29, 0.717) is 25.0 Å². The molecule has 0 aromatic carbocycles. The highest BCUT2D eigenvalue weighted by Gasteiger charge is 2.17. The van der Waals surface area contributed by atoms with Crippen LogP contribution in [0.25, 0.3) is 0 Å². The lowest BCUT2D eigenvalue weighted by molar-refractivity contribution is 0.253. The summed E-state index contributed by atoms with van der Waals surface area (Å²) in [7, 11) is 4.04. The molecule has 0 radical (unpaired) electrons. The van der Waals surface area contributed by atoms with E-state index in [0.717, 1.165) is 36.5 Å². The van der Waals surface area contributed by atoms with Gasteiger partial charge in [0.1, 0.15) is 12.4 Å². The van der Waals surface area contributed by atoms with Gasteiger partial charge < -0.3 is 20.7 Å². The molecule has 0 saturated carbocycles. The molecule has 0 fully saturated rings. The molecule has 134 valence electrons. The summed E-state index contributed by atoms with van der Waals surface area (Å²) in [5, 5.41) is 3.41. The highest BCUT2D eigenvalue weighted by atomic mass is 16.5. The van der Waals surface area contributed by atoms with Crippen molar-refractivity contribution < 1.29 is 4.74 Å². The molecule has 0 spiro atoms. The zero-order chi connectivity index (χ0) is 17.6. The quantitative estimate of drug-likeness (QED) is 0.794. The molecule has 0 amide bonds. The topological polar surface area (TPSA) is 89.2 Å². The molecule has 3 rings (SSSR count). The number of nitrogens with two attached hydrogens (primary N) is 1. The lowest BCUT2D eigenvalue weighted by Crippen LogP contribution is -2.19. The number of likely N-dealkylation sites (N-methyl/N-ethyl adjacent to an activating group) is 1. The van der Waals surface area contributed by atoms with Gasteiger partial charge in [-0.15, -0.1) is 0 Å². The average Bonchev–Trinajstić information content (AvgIpc) is 2.59. The molecule has 3 N–H and O–H groups in total. The number of rotatable bonds is 7. The molecule has 0 bridgehead atoms. The van der Waals surface area contributed by atoms with E-state index < -0.39 is 0 Å². The summed E-state index contributed by atoms with van der Waals surface area (Å²) < 4.78 is 5.69. The van der Waals surface area contributed by atoms with Crippen LogP contribution in [0.3, 0.4) is 0 Å². The van der Waals surface area contributed by atoms with Gasteiger partial charge in [0.2, 0.25) is 11.8 Å². The molecule has 2 heterocycles. The number of pyridine rings is 1. The van der Waals surface area contributed by atoms with E-state index in [2.05, 4.69) is 25.2 Å². The molecule has 0 saturated heterocycles. The average molecular weight is 342 g/mol. The number of hydrogen-bond acceptors (Lipinski definition) is 7. The lowest BCUT2D eigenvalue weighted by Gasteiger charge is -2.19. The Morgan fingerprint density at radius 2 is 2.08 bits per heavy atom. The highest BCUT2D eigenvalue weighted by Crippen LogP contribution is 2.26. The fraction of sp³-hybridized carbons (Fsp3) is 0.500. The third-order valence-electron chi connectivity index (χ3n) is 4.25. The molecule has 0 atom stereocenters. The van der Waals surface area contributed by atoms with Crippen LogP contribution in [-0.4, -0.2) is 47.1 Å². The number of anilines is 2. The molecule has 2 aromatic rings. The van der Waals surface area contributed by atoms with E-state index in [-0.39, 0.29) is 0 Å². The Labute approximate surface area is 148 Å². The maximum absolute atomic E-state index is 5.86. The summed E-state index contributed by atoms with van der Waals surface area (Å²) >= 11 is 0. The maximum atomic E-state index is 5.86. The van der Waals surface area contributed by atoms with Crippen LogP contribution in [-0.2, 0) is 19.4 Å². The van der Waals surface area contributed by atoms with Crippen LogP contribution in [0, 0.1) is 0 Å². The molecular weight excluding hydrogens is 316 g/mol. The molecular formula is C18H26N6O. The molecule has 7 heteroatoms. The Kier molecular flexibility index (Phi) is 5.65. The van der Waals surface area contributed by atoms with E-state index in [1.165, 1.54) is 18.4 Å². The Bertz CT molecular complexity index is 719. The van der Waals surface area contributed by atoms with Gasteiger partial charge >= 0.3 is 0 Å². The van der Waals surface area contributed by atoms with Gasteiger partial charge in [0.25, 0.3) is 0 Å². The van der Waals surface area contributed by atoms with E-state index in [1.807, 2.05) is 26.2 Å². The number of ether oxygens (including phenoxy) is 1. The van der Waals surface area contributed by atoms with Crippen LogP contribution in [0.5, 0.6) is 5.88 Å². The number of aryl methyl sites for hydroxylation is 1. The highest BCUT2D eigenvalue weighted by molar-refractivity contribution is 5.51. The van der Waals surface area contributed by atoms with Gasteiger partial charge in [-0.25, -0.2) is 9.97 Å². The van der Waals surface area contributed by atoms with Gasteiger partial charge in [0, 0.05) is 30.9 Å². The zero-order valence-electron chi connectivity index (χ0n) is 15.0. The number of nitrogens with zero attached hydrogens (tertiary/aromatic N) is 4. The van der Waals surface area contributed by atoms with Crippen LogP contribution in [0.15, 0.2) is 18.3 Å². The first-order valence-corrected chi connectivity index (χ1v) is 8.73. The minimum atomic E-state index is 0.339. The fourth-order valence-corrected chi connectivity index (χ4v) is 2.92. The molecule has 1 aliphatic rings. The number of hydrogen-bond donors (Lipinski definition) is 2. The number of nitrogen functional groups attached to an aromatic ring is 1. The van der Waals surface area contributed by atoms with Crippen LogP contribution in [0.2, 0.25) is 0 Å². The third kappa shape index (κ3) is 4.79. The fourth-order valence-electron chi connectivity index (χ4n) is 2.92. The summed E-state index contributed by atoms with van der Waals surface area (Å²) in [5.41, 5.74) is 9.25. The lowest BCUT2D eigenvalue weighted by atomic mass is 9.96. The minimum absolute atomic E-state index is 0.339. The van der Waals surface area contributed by atoms with Crippen LogP contribution in [0.1, 0.15) is 29.7 Å². The van der Waals surface area contributed by atoms with Crippen LogP contribution < -0.4 is 15.8 Å².